The van der Waals surface area contributed by atoms with Gasteiger partial charge in [0, 0.05) is 10.8 Å². The topological polar surface area (TPSA) is 171 Å². The molecule has 20 atom stereocenters. The molecule has 0 aromatic carbocycles. The summed E-state index contributed by atoms with van der Waals surface area (Å²) in [5.41, 5.74) is -3.93. The normalized spacial score (nSPS) is 54.9. The van der Waals surface area contributed by atoms with Gasteiger partial charge >= 0.3 is 35.8 Å². The molecule has 0 amide bonds. The minimum Gasteiger partial charge on any atom is -0.481 e. The highest BCUT2D eigenvalue weighted by Crippen LogP contribution is 2.79. The van der Waals surface area contributed by atoms with Gasteiger partial charge in [0.15, 0.2) is 0 Å². The van der Waals surface area contributed by atoms with E-state index in [9.17, 15) is 39.0 Å². The summed E-state index contributed by atoms with van der Waals surface area (Å²) < 4.78 is 19.5. The molecular weight excluding hydrogens is 765 g/mol. The Labute approximate surface area is 354 Å². The van der Waals surface area contributed by atoms with Gasteiger partial charge in [-0.1, -0.05) is 54.4 Å². The summed E-state index contributed by atoms with van der Waals surface area (Å²) in [6.45, 7) is 17.3. The number of carboxylic acids is 2. The molecule has 20 unspecified atom stereocenters. The van der Waals surface area contributed by atoms with Gasteiger partial charge in [0.05, 0.1) is 46.7 Å². The van der Waals surface area contributed by atoms with Crippen molar-refractivity contribution in [3.8, 4) is 0 Å². The quantitative estimate of drug-likeness (QED) is 0.197. The number of esters is 4. The average Bonchev–Trinajstić information content (AvgIpc) is 3.51. The van der Waals surface area contributed by atoms with Crippen molar-refractivity contribution in [2.75, 3.05) is 0 Å². The Bertz CT molecular complexity index is 1940. The van der Waals surface area contributed by atoms with Gasteiger partial charge in [-0.05, 0) is 154 Å². The number of fused-ring (bicyclic) bond motifs is 4. The molecule has 2 aliphatic heterocycles. The van der Waals surface area contributed by atoms with E-state index in [0.717, 1.165) is 32.1 Å². The van der Waals surface area contributed by atoms with Gasteiger partial charge < -0.3 is 24.4 Å². The number of hydrogen-bond acceptors (Lipinski definition) is 9. The highest BCUT2D eigenvalue weighted by molar-refractivity contribution is 5.98. The molecule has 60 heavy (non-hydrogen) atoms. The number of rotatable bonds is 6. The maximum Gasteiger partial charge on any atom is 0.318 e. The van der Waals surface area contributed by atoms with Gasteiger partial charge in [0.1, 0.15) is 0 Å². The summed E-state index contributed by atoms with van der Waals surface area (Å²) >= 11 is 0. The van der Waals surface area contributed by atoms with Gasteiger partial charge in [-0.15, -0.1) is 0 Å². The Hall–Kier alpha value is -2.82. The fourth-order valence-corrected chi connectivity index (χ4v) is 19.7. The molecular formula is C49H68O11. The lowest BCUT2D eigenvalue weighted by Gasteiger charge is -2.74. The van der Waals surface area contributed by atoms with Crippen LogP contribution in [-0.2, 0) is 43.0 Å². The fourth-order valence-electron chi connectivity index (χ4n) is 19.7. The maximum atomic E-state index is 14.4. The molecule has 4 bridgehead atoms. The van der Waals surface area contributed by atoms with Crippen LogP contribution in [0.15, 0.2) is 0 Å². The van der Waals surface area contributed by atoms with Crippen LogP contribution in [0.5, 0.6) is 0 Å². The highest BCUT2D eigenvalue weighted by atomic mass is 16.6. The third-order valence-electron chi connectivity index (χ3n) is 21.7. The average molecular weight is 833 g/mol. The molecule has 0 aromatic heterocycles. The zero-order chi connectivity index (χ0) is 43.0. The SMILES string of the molecule is CC(C)C1C2CC3C4(C)CCCC(C)(C(=O)O)C4CCC3(CC3C(=O)OC(=O)C32)C1OC1C(C(C)C)C2CC3C4(C)CCCC(C)(C(=O)O)C4CCC13C1C(=O)OC(=O)C21. The Morgan fingerprint density at radius 1 is 0.617 bits per heavy atom. The largest absolute Gasteiger partial charge is 0.481 e. The molecule has 330 valence electrons. The third-order valence-corrected chi connectivity index (χ3v) is 21.7. The molecule has 0 aromatic rings. The number of ether oxygens (including phenoxy) is 3. The Balaban J connectivity index is 1.17. The van der Waals surface area contributed by atoms with Crippen LogP contribution in [0.3, 0.4) is 0 Å². The van der Waals surface area contributed by atoms with Crippen LogP contribution in [0.1, 0.15) is 139 Å². The van der Waals surface area contributed by atoms with Crippen LogP contribution in [-0.4, -0.2) is 58.2 Å². The second-order valence-corrected chi connectivity index (χ2v) is 24.0. The second kappa shape index (κ2) is 12.9. The number of carboxylic acid groups (broad SMARTS) is 2. The lowest BCUT2D eigenvalue weighted by atomic mass is 9.31. The summed E-state index contributed by atoms with van der Waals surface area (Å²) in [4.78, 5) is 82.6. The first-order valence-corrected chi connectivity index (χ1v) is 23.8. The molecule has 0 radical (unpaired) electrons. The van der Waals surface area contributed by atoms with E-state index in [1.165, 1.54) is 0 Å². The Kier molecular flexibility index (Phi) is 8.86. The van der Waals surface area contributed by atoms with Crippen molar-refractivity contribution in [2.24, 2.45) is 115 Å². The number of carbonyl (C=O) groups excluding carboxylic acids is 4. The van der Waals surface area contributed by atoms with Gasteiger partial charge in [0.25, 0.3) is 0 Å². The van der Waals surface area contributed by atoms with Crippen LogP contribution in [0.2, 0.25) is 0 Å². The predicted octanol–water partition coefficient (Wildman–Crippen LogP) is 7.96. The number of aliphatic carboxylic acids is 2. The molecule has 11 heteroatoms. The molecule has 12 aliphatic rings. The molecule has 10 aliphatic carbocycles. The molecule has 2 saturated heterocycles. The zero-order valence-corrected chi connectivity index (χ0v) is 37.0. The molecule has 2 N–H and O–H groups in total. The smallest absolute Gasteiger partial charge is 0.318 e. The lowest BCUT2D eigenvalue weighted by molar-refractivity contribution is -0.324. The Morgan fingerprint density at radius 3 is 1.70 bits per heavy atom. The van der Waals surface area contributed by atoms with E-state index in [4.69, 9.17) is 14.2 Å². The summed E-state index contributed by atoms with van der Waals surface area (Å²) in [5.74, 6) is -6.39. The van der Waals surface area contributed by atoms with Crippen molar-refractivity contribution in [3.05, 3.63) is 0 Å². The minimum atomic E-state index is -0.905. The number of carbonyl (C=O) groups is 6. The number of hydrogen-bond donors (Lipinski definition) is 2. The fraction of sp³-hybridized carbons (Fsp3) is 0.878. The third kappa shape index (κ3) is 4.78. The Morgan fingerprint density at radius 2 is 1.12 bits per heavy atom. The van der Waals surface area contributed by atoms with E-state index in [0.29, 0.717) is 51.4 Å². The van der Waals surface area contributed by atoms with E-state index in [-0.39, 0.29) is 64.6 Å². The lowest BCUT2D eigenvalue weighted by Crippen LogP contribution is -2.74. The second-order valence-electron chi connectivity index (χ2n) is 24.0. The molecule has 11 nitrogen and oxygen atoms in total. The maximum absolute atomic E-state index is 14.4. The van der Waals surface area contributed by atoms with Crippen molar-refractivity contribution in [2.45, 2.75) is 151 Å². The van der Waals surface area contributed by atoms with Gasteiger partial charge in [-0.25, -0.2) is 0 Å². The standard InChI is InChI=1S/C49H68O11/c1-22(2)31-24-19-29-44(5)13-9-15-46(7,42(54)55)27(44)11-17-48(29,21-26-33(24)39(51)59-38(26)50)36(31)58-37-32(23(3)4)25-20-30-45(6)14-10-16-47(8,43(56)57)28(45)12-18-49(30,37)35-34(25)40(52)60-41(35)53/h22-37H,9-21H2,1-8H3,(H,54,55)(H,56,57). The highest BCUT2D eigenvalue weighted by Gasteiger charge is 2.80. The van der Waals surface area contributed by atoms with Crippen LogP contribution >= 0.6 is 0 Å². The zero-order valence-electron chi connectivity index (χ0n) is 37.0. The summed E-state index contributed by atoms with van der Waals surface area (Å²) in [6.07, 6.45) is 8.10. The van der Waals surface area contributed by atoms with E-state index in [1.54, 1.807) is 0 Å². The van der Waals surface area contributed by atoms with E-state index in [1.807, 2.05) is 13.8 Å². The minimum absolute atomic E-state index is 0.000792. The molecule has 12 rings (SSSR count). The summed E-state index contributed by atoms with van der Waals surface area (Å²) in [7, 11) is 0. The molecule has 2 heterocycles. The summed E-state index contributed by atoms with van der Waals surface area (Å²) in [5, 5.41) is 21.6. The van der Waals surface area contributed by atoms with Crippen LogP contribution < -0.4 is 0 Å². The van der Waals surface area contributed by atoms with E-state index < -0.39 is 98.8 Å². The van der Waals surface area contributed by atoms with Crippen molar-refractivity contribution in [1.29, 1.82) is 0 Å². The van der Waals surface area contributed by atoms with Crippen molar-refractivity contribution < 1.29 is 53.2 Å². The predicted molar refractivity (Wildman–Crippen MR) is 215 cm³/mol. The van der Waals surface area contributed by atoms with E-state index in [2.05, 4.69) is 41.5 Å². The van der Waals surface area contributed by atoms with Crippen LogP contribution in [0.25, 0.3) is 0 Å². The van der Waals surface area contributed by atoms with Gasteiger partial charge in [-0.3, -0.25) is 28.8 Å². The number of cyclic esters (lactones) is 4. The van der Waals surface area contributed by atoms with Crippen molar-refractivity contribution in [1.82, 2.24) is 0 Å². The van der Waals surface area contributed by atoms with Crippen LogP contribution in [0.4, 0.5) is 0 Å². The van der Waals surface area contributed by atoms with Gasteiger partial charge in [0.2, 0.25) is 0 Å². The van der Waals surface area contributed by atoms with Crippen molar-refractivity contribution in [3.63, 3.8) is 0 Å². The first-order valence-electron chi connectivity index (χ1n) is 23.8. The van der Waals surface area contributed by atoms with E-state index >= 15 is 0 Å². The molecule has 10 saturated carbocycles. The van der Waals surface area contributed by atoms with Crippen LogP contribution in [0, 0.1) is 115 Å². The summed E-state index contributed by atoms with van der Waals surface area (Å²) in [6, 6.07) is 0. The molecule has 12 fully saturated rings. The van der Waals surface area contributed by atoms with Crippen molar-refractivity contribution >= 4 is 35.8 Å². The molecule has 2 spiro atoms. The monoisotopic (exact) mass is 832 g/mol. The first-order chi connectivity index (χ1) is 28.1. The van der Waals surface area contributed by atoms with Gasteiger partial charge in [-0.2, -0.15) is 0 Å². The first kappa shape index (κ1) is 41.2.